The number of nitrogens with zero attached hydrogens (tertiary/aromatic N) is 1. The third-order valence-corrected chi connectivity index (χ3v) is 4.42. The smallest absolute Gasteiger partial charge is 0.323 e. The molecule has 11 heteroatoms. The highest BCUT2D eigenvalue weighted by molar-refractivity contribution is 8.00. The van der Waals surface area contributed by atoms with Crippen molar-refractivity contribution >= 4 is 40.6 Å². The molecule has 0 saturated carbocycles. The molecule has 0 aliphatic heterocycles. The number of carbonyl (C=O) groups excluding carboxylic acids is 1. The average Bonchev–Trinajstić information content (AvgIpc) is 2.56. The fourth-order valence-corrected chi connectivity index (χ4v) is 2.87. The minimum absolute atomic E-state index is 0.121. The molecule has 26 heavy (non-hydrogen) atoms. The van der Waals surface area contributed by atoms with Crippen LogP contribution in [0.15, 0.2) is 41.3 Å². The second-order valence-electron chi connectivity index (χ2n) is 4.88. The Morgan fingerprint density at radius 2 is 1.96 bits per heavy atom. The van der Waals surface area contributed by atoms with Crippen molar-refractivity contribution in [3.05, 3.63) is 62.9 Å². The molecule has 0 unspecified atom stereocenters. The average molecular weight is 409 g/mol. The number of nitro benzene ring substituents is 1. The highest BCUT2D eigenvalue weighted by Gasteiger charge is 2.33. The van der Waals surface area contributed by atoms with E-state index in [2.05, 4.69) is 5.32 Å². The van der Waals surface area contributed by atoms with E-state index in [4.69, 9.17) is 11.6 Å². The molecule has 0 radical (unpaired) electrons. The lowest BCUT2D eigenvalue weighted by Gasteiger charge is -2.09. The summed E-state index contributed by atoms with van der Waals surface area (Å²) in [6.07, 6.45) is -4.73. The molecule has 0 fully saturated rings. The zero-order valence-electron chi connectivity index (χ0n) is 12.6. The van der Waals surface area contributed by atoms with E-state index in [0.717, 1.165) is 6.07 Å². The Kier molecular flexibility index (Phi) is 6.09. The molecular formula is C15H9ClF4N2O3S. The molecule has 0 aliphatic carbocycles. The van der Waals surface area contributed by atoms with Crippen LogP contribution in [0.2, 0.25) is 5.02 Å². The molecule has 1 N–H and O–H groups in total. The van der Waals surface area contributed by atoms with Gasteiger partial charge in [0, 0.05) is 6.07 Å². The van der Waals surface area contributed by atoms with Crippen molar-refractivity contribution in [3.63, 3.8) is 0 Å². The molecule has 2 rings (SSSR count). The molecule has 0 aromatic heterocycles. The predicted octanol–water partition coefficient (Wildman–Crippen LogP) is 5.14. The van der Waals surface area contributed by atoms with Crippen LogP contribution >= 0.6 is 23.4 Å². The van der Waals surface area contributed by atoms with Crippen LogP contribution in [-0.2, 0) is 11.0 Å². The number of thioether (sulfide) groups is 1. The van der Waals surface area contributed by atoms with Crippen LogP contribution in [0.4, 0.5) is 28.9 Å². The maximum Gasteiger partial charge on any atom is 0.416 e. The summed E-state index contributed by atoms with van der Waals surface area (Å²) in [6.45, 7) is 0. The summed E-state index contributed by atoms with van der Waals surface area (Å²) in [7, 11) is 0. The van der Waals surface area contributed by atoms with Gasteiger partial charge in [0.25, 0.3) is 5.69 Å². The van der Waals surface area contributed by atoms with Crippen LogP contribution in [0.25, 0.3) is 0 Å². The van der Waals surface area contributed by atoms with E-state index in [9.17, 15) is 32.5 Å². The number of alkyl halides is 3. The van der Waals surface area contributed by atoms with E-state index in [0.29, 0.717) is 23.9 Å². The first-order chi connectivity index (χ1) is 12.1. The van der Waals surface area contributed by atoms with Crippen LogP contribution in [0.5, 0.6) is 0 Å². The Balaban J connectivity index is 2.12. The summed E-state index contributed by atoms with van der Waals surface area (Å²) in [6, 6.07) is 5.96. The van der Waals surface area contributed by atoms with Gasteiger partial charge in [-0.25, -0.2) is 4.39 Å². The highest BCUT2D eigenvalue weighted by Crippen LogP contribution is 2.36. The number of carbonyl (C=O) groups is 1. The van der Waals surface area contributed by atoms with E-state index < -0.39 is 34.1 Å². The van der Waals surface area contributed by atoms with Gasteiger partial charge in [0.1, 0.15) is 0 Å². The van der Waals surface area contributed by atoms with Crippen LogP contribution in [0.3, 0.4) is 0 Å². The number of rotatable bonds is 5. The normalized spacial score (nSPS) is 11.3. The largest absolute Gasteiger partial charge is 0.416 e. The van der Waals surface area contributed by atoms with E-state index in [1.54, 1.807) is 0 Å². The van der Waals surface area contributed by atoms with Gasteiger partial charge in [0.05, 0.1) is 31.8 Å². The van der Waals surface area contributed by atoms with Crippen molar-refractivity contribution in [1.29, 1.82) is 0 Å². The number of amides is 1. The highest BCUT2D eigenvalue weighted by atomic mass is 35.5. The molecule has 0 aliphatic rings. The SMILES string of the molecule is O=C(CSc1ccc(C(F)(F)F)cc1[N+](=O)[O-])Nc1cccc(Cl)c1F. The van der Waals surface area contributed by atoms with Crippen LogP contribution in [0, 0.1) is 15.9 Å². The lowest BCUT2D eigenvalue weighted by Crippen LogP contribution is -2.15. The molecule has 0 atom stereocenters. The Bertz CT molecular complexity index is 861. The summed E-state index contributed by atoms with van der Waals surface area (Å²) in [4.78, 5) is 21.8. The number of anilines is 1. The third kappa shape index (κ3) is 4.85. The summed E-state index contributed by atoms with van der Waals surface area (Å²) in [5, 5.41) is 13.0. The fraction of sp³-hybridized carbons (Fsp3) is 0.133. The molecule has 0 spiro atoms. The van der Waals surface area contributed by atoms with Gasteiger partial charge in [0.2, 0.25) is 5.91 Å². The van der Waals surface area contributed by atoms with Crippen LogP contribution < -0.4 is 5.32 Å². The maximum atomic E-state index is 13.7. The topological polar surface area (TPSA) is 72.2 Å². The number of halogens is 5. The lowest BCUT2D eigenvalue weighted by atomic mass is 10.2. The second-order valence-corrected chi connectivity index (χ2v) is 6.30. The Labute approximate surface area is 153 Å². The van der Waals surface area contributed by atoms with Crippen LogP contribution in [0.1, 0.15) is 5.56 Å². The molecular weight excluding hydrogens is 400 g/mol. The number of hydrogen-bond acceptors (Lipinski definition) is 4. The first-order valence-electron chi connectivity index (χ1n) is 6.82. The first kappa shape index (κ1) is 20.0. The van der Waals surface area contributed by atoms with Gasteiger partial charge in [-0.3, -0.25) is 14.9 Å². The van der Waals surface area contributed by atoms with Gasteiger partial charge < -0.3 is 5.32 Å². The summed E-state index contributed by atoms with van der Waals surface area (Å²) < 4.78 is 51.7. The molecule has 0 bridgehead atoms. The van der Waals surface area contributed by atoms with Gasteiger partial charge in [0.15, 0.2) is 5.82 Å². The summed E-state index contributed by atoms with van der Waals surface area (Å²) in [5.41, 5.74) is -2.12. The maximum absolute atomic E-state index is 13.7. The number of nitrogens with one attached hydrogen (secondary N) is 1. The second kappa shape index (κ2) is 7.92. The third-order valence-electron chi connectivity index (χ3n) is 3.07. The van der Waals surface area contributed by atoms with Crippen molar-refractivity contribution in [2.75, 3.05) is 11.1 Å². The quantitative estimate of drug-likeness (QED) is 0.322. The zero-order chi connectivity index (χ0) is 19.5. The van der Waals surface area contributed by atoms with E-state index in [1.807, 2.05) is 0 Å². The Morgan fingerprint density at radius 3 is 2.58 bits per heavy atom. The van der Waals surface area contributed by atoms with Crippen LogP contribution in [-0.4, -0.2) is 16.6 Å². The van der Waals surface area contributed by atoms with E-state index >= 15 is 0 Å². The van der Waals surface area contributed by atoms with Crippen molar-refractivity contribution in [2.24, 2.45) is 0 Å². The van der Waals surface area contributed by atoms with Crippen molar-refractivity contribution in [1.82, 2.24) is 0 Å². The van der Waals surface area contributed by atoms with Crippen molar-refractivity contribution in [3.8, 4) is 0 Å². The minimum atomic E-state index is -4.73. The van der Waals surface area contributed by atoms with Gasteiger partial charge in [-0.15, -0.1) is 11.8 Å². The first-order valence-corrected chi connectivity index (χ1v) is 8.18. The standard InChI is InChI=1S/C15H9ClF4N2O3S/c16-9-2-1-3-10(14(9)17)21-13(23)7-26-12-5-4-8(15(18,19)20)6-11(12)22(24)25/h1-6H,7H2,(H,21,23). The van der Waals surface area contributed by atoms with Gasteiger partial charge >= 0.3 is 6.18 Å². The molecule has 1 amide bonds. The molecule has 2 aromatic rings. The molecule has 2 aromatic carbocycles. The lowest BCUT2D eigenvalue weighted by molar-refractivity contribution is -0.388. The number of hydrogen-bond donors (Lipinski definition) is 1. The van der Waals surface area contributed by atoms with Crippen molar-refractivity contribution in [2.45, 2.75) is 11.1 Å². The Hall–Kier alpha value is -2.33. The number of nitro groups is 1. The van der Waals surface area contributed by atoms with Gasteiger partial charge in [-0.05, 0) is 24.3 Å². The van der Waals surface area contributed by atoms with E-state index in [-0.39, 0.29) is 21.4 Å². The number of benzene rings is 2. The molecule has 0 saturated heterocycles. The van der Waals surface area contributed by atoms with Crippen molar-refractivity contribution < 1.29 is 27.3 Å². The molecule has 5 nitrogen and oxygen atoms in total. The fourth-order valence-electron chi connectivity index (χ4n) is 1.89. The summed E-state index contributed by atoms with van der Waals surface area (Å²) in [5.74, 6) is -1.92. The van der Waals surface area contributed by atoms with Gasteiger partial charge in [-0.2, -0.15) is 13.2 Å². The summed E-state index contributed by atoms with van der Waals surface area (Å²) >= 11 is 6.23. The predicted molar refractivity (Wildman–Crippen MR) is 88.9 cm³/mol. The van der Waals surface area contributed by atoms with E-state index in [1.165, 1.54) is 18.2 Å². The zero-order valence-corrected chi connectivity index (χ0v) is 14.2. The van der Waals surface area contributed by atoms with Gasteiger partial charge in [-0.1, -0.05) is 17.7 Å². The molecule has 138 valence electrons. The Morgan fingerprint density at radius 1 is 1.27 bits per heavy atom. The minimum Gasteiger partial charge on any atom is -0.323 e. The molecule has 0 heterocycles. The monoisotopic (exact) mass is 408 g/mol.